The number of hydrogen-bond donors (Lipinski definition) is 0. The molecule has 1 unspecified atom stereocenters. The summed E-state index contributed by atoms with van der Waals surface area (Å²) >= 11 is 0. The van der Waals surface area contributed by atoms with Gasteiger partial charge in [-0.05, 0) is 18.6 Å². The van der Waals surface area contributed by atoms with Crippen LogP contribution < -0.4 is 4.74 Å². The monoisotopic (exact) mass is 176 g/mol. The van der Waals surface area contributed by atoms with E-state index < -0.39 is 0 Å². The molecule has 1 aliphatic rings. The first-order valence-corrected chi connectivity index (χ1v) is 4.55. The van der Waals surface area contributed by atoms with Gasteiger partial charge in [-0.3, -0.25) is 4.79 Å². The summed E-state index contributed by atoms with van der Waals surface area (Å²) < 4.78 is 5.47. The van der Waals surface area contributed by atoms with E-state index >= 15 is 0 Å². The van der Waals surface area contributed by atoms with E-state index in [0.717, 1.165) is 17.7 Å². The van der Waals surface area contributed by atoms with Crippen LogP contribution in [0.1, 0.15) is 23.7 Å². The number of fused-ring (bicyclic) bond motifs is 1. The summed E-state index contributed by atoms with van der Waals surface area (Å²) in [6.07, 6.45) is 0.813. The van der Waals surface area contributed by atoms with Gasteiger partial charge >= 0.3 is 0 Å². The van der Waals surface area contributed by atoms with Gasteiger partial charge in [0.1, 0.15) is 5.75 Å². The molecule has 0 spiro atoms. The summed E-state index contributed by atoms with van der Waals surface area (Å²) in [5, 5.41) is 0. The number of rotatable bonds is 0. The van der Waals surface area contributed by atoms with Crippen molar-refractivity contribution in [3.8, 4) is 5.75 Å². The van der Waals surface area contributed by atoms with Gasteiger partial charge in [-0.25, -0.2) is 0 Å². The van der Waals surface area contributed by atoms with Crippen LogP contribution in [-0.2, 0) is 0 Å². The van der Waals surface area contributed by atoms with Crippen molar-refractivity contribution in [1.29, 1.82) is 0 Å². The van der Waals surface area contributed by atoms with Crippen molar-refractivity contribution in [2.75, 3.05) is 6.61 Å². The van der Waals surface area contributed by atoms with Crippen LogP contribution in [0.15, 0.2) is 24.3 Å². The summed E-state index contributed by atoms with van der Waals surface area (Å²) in [5.41, 5.74) is 0.729. The molecule has 0 fully saturated rings. The van der Waals surface area contributed by atoms with E-state index in [1.165, 1.54) is 0 Å². The number of para-hydroxylation sites is 1. The number of ether oxygens (including phenoxy) is 1. The topological polar surface area (TPSA) is 26.3 Å². The van der Waals surface area contributed by atoms with E-state index in [9.17, 15) is 4.79 Å². The van der Waals surface area contributed by atoms with Crippen molar-refractivity contribution < 1.29 is 9.53 Å². The summed E-state index contributed by atoms with van der Waals surface area (Å²) in [7, 11) is 0. The number of carbonyl (C=O) groups excluding carboxylic acids is 1. The number of carbonyl (C=O) groups is 1. The Morgan fingerprint density at radius 3 is 3.00 bits per heavy atom. The fourth-order valence-corrected chi connectivity index (χ4v) is 1.54. The van der Waals surface area contributed by atoms with Crippen LogP contribution in [0, 0.1) is 5.92 Å². The van der Waals surface area contributed by atoms with Crippen molar-refractivity contribution in [3.05, 3.63) is 29.8 Å². The molecule has 68 valence electrons. The van der Waals surface area contributed by atoms with Crippen molar-refractivity contribution in [1.82, 2.24) is 0 Å². The Morgan fingerprint density at radius 1 is 1.38 bits per heavy atom. The smallest absolute Gasteiger partial charge is 0.169 e. The molecule has 1 aromatic carbocycles. The molecule has 0 amide bonds. The lowest BCUT2D eigenvalue weighted by atomic mass is 9.97. The van der Waals surface area contributed by atoms with Crippen LogP contribution >= 0.6 is 0 Å². The maximum absolute atomic E-state index is 11.8. The molecule has 13 heavy (non-hydrogen) atoms. The van der Waals surface area contributed by atoms with E-state index in [0.29, 0.717) is 6.61 Å². The van der Waals surface area contributed by atoms with Crippen molar-refractivity contribution in [3.63, 3.8) is 0 Å². The predicted octanol–water partition coefficient (Wildman–Crippen LogP) is 2.29. The predicted molar refractivity (Wildman–Crippen MR) is 50.0 cm³/mol. The second-order valence-corrected chi connectivity index (χ2v) is 3.40. The fourth-order valence-electron chi connectivity index (χ4n) is 1.54. The summed E-state index contributed by atoms with van der Waals surface area (Å²) in [5.74, 6) is 1.02. The van der Waals surface area contributed by atoms with Crippen LogP contribution in [0.4, 0.5) is 0 Å². The Balaban J connectivity index is 2.46. The Morgan fingerprint density at radius 2 is 2.15 bits per heavy atom. The van der Waals surface area contributed by atoms with Crippen LogP contribution in [-0.4, -0.2) is 12.4 Å². The molecular weight excluding hydrogens is 164 g/mol. The van der Waals surface area contributed by atoms with Gasteiger partial charge in [-0.1, -0.05) is 19.1 Å². The summed E-state index contributed by atoms with van der Waals surface area (Å²) in [4.78, 5) is 11.8. The minimum absolute atomic E-state index is 0.0867. The van der Waals surface area contributed by atoms with E-state index in [-0.39, 0.29) is 11.7 Å². The zero-order chi connectivity index (χ0) is 9.26. The fraction of sp³-hybridized carbons (Fsp3) is 0.364. The molecule has 0 N–H and O–H groups in total. The molecule has 0 bridgehead atoms. The maximum atomic E-state index is 11.8. The number of hydrogen-bond acceptors (Lipinski definition) is 2. The van der Waals surface area contributed by atoms with Gasteiger partial charge < -0.3 is 4.74 Å². The standard InChI is InChI=1S/C11H12O2/c1-8-6-7-13-10-5-3-2-4-9(10)11(8)12/h2-5,8H,6-7H2,1H3. The normalized spacial score (nSPS) is 21.6. The van der Waals surface area contributed by atoms with Gasteiger partial charge in [-0.2, -0.15) is 0 Å². The molecule has 0 saturated heterocycles. The third kappa shape index (κ3) is 1.44. The van der Waals surface area contributed by atoms with Crippen molar-refractivity contribution in [2.24, 2.45) is 5.92 Å². The molecule has 0 radical (unpaired) electrons. The molecule has 0 aromatic heterocycles. The van der Waals surface area contributed by atoms with Gasteiger partial charge in [0.2, 0.25) is 0 Å². The number of ketones is 1. The van der Waals surface area contributed by atoms with E-state index in [1.807, 2.05) is 31.2 Å². The van der Waals surface area contributed by atoms with Crippen LogP contribution in [0.2, 0.25) is 0 Å². The van der Waals surface area contributed by atoms with Gasteiger partial charge in [0.15, 0.2) is 5.78 Å². The molecule has 2 nitrogen and oxygen atoms in total. The highest BCUT2D eigenvalue weighted by Crippen LogP contribution is 2.25. The quantitative estimate of drug-likeness (QED) is 0.606. The second-order valence-electron chi connectivity index (χ2n) is 3.40. The Labute approximate surface area is 77.5 Å². The zero-order valence-electron chi connectivity index (χ0n) is 7.62. The molecule has 2 rings (SSSR count). The van der Waals surface area contributed by atoms with Crippen LogP contribution in [0.3, 0.4) is 0 Å². The van der Waals surface area contributed by atoms with Gasteiger partial charge in [-0.15, -0.1) is 0 Å². The minimum atomic E-state index is 0.0867. The van der Waals surface area contributed by atoms with Crippen molar-refractivity contribution in [2.45, 2.75) is 13.3 Å². The highest BCUT2D eigenvalue weighted by Gasteiger charge is 2.21. The molecule has 1 heterocycles. The first-order chi connectivity index (χ1) is 6.29. The highest BCUT2D eigenvalue weighted by molar-refractivity contribution is 6.00. The lowest BCUT2D eigenvalue weighted by Gasteiger charge is -2.04. The zero-order valence-corrected chi connectivity index (χ0v) is 7.62. The lowest BCUT2D eigenvalue weighted by Crippen LogP contribution is -2.09. The lowest BCUT2D eigenvalue weighted by molar-refractivity contribution is 0.0927. The van der Waals surface area contributed by atoms with E-state index in [2.05, 4.69) is 0 Å². The Kier molecular flexibility index (Phi) is 2.05. The molecule has 0 aliphatic carbocycles. The summed E-state index contributed by atoms with van der Waals surface area (Å²) in [6.45, 7) is 2.59. The first kappa shape index (κ1) is 8.30. The van der Waals surface area contributed by atoms with Crippen LogP contribution in [0.25, 0.3) is 0 Å². The Bertz CT molecular complexity index is 331. The first-order valence-electron chi connectivity index (χ1n) is 4.55. The average Bonchev–Trinajstić information content (AvgIpc) is 2.29. The third-order valence-corrected chi connectivity index (χ3v) is 2.41. The summed E-state index contributed by atoms with van der Waals surface area (Å²) in [6, 6.07) is 7.45. The van der Waals surface area contributed by atoms with Crippen molar-refractivity contribution >= 4 is 5.78 Å². The molecule has 1 aromatic rings. The molecular formula is C11H12O2. The minimum Gasteiger partial charge on any atom is -0.493 e. The van der Waals surface area contributed by atoms with Gasteiger partial charge in [0.05, 0.1) is 12.2 Å². The average molecular weight is 176 g/mol. The van der Waals surface area contributed by atoms with E-state index in [4.69, 9.17) is 4.74 Å². The molecule has 1 atom stereocenters. The van der Waals surface area contributed by atoms with Gasteiger partial charge in [0.25, 0.3) is 0 Å². The maximum Gasteiger partial charge on any atom is 0.169 e. The SMILES string of the molecule is CC1CCOc2ccccc2C1=O. The second kappa shape index (κ2) is 3.21. The highest BCUT2D eigenvalue weighted by atomic mass is 16.5. The molecule has 0 saturated carbocycles. The largest absolute Gasteiger partial charge is 0.493 e. The third-order valence-electron chi connectivity index (χ3n) is 2.41. The number of benzene rings is 1. The molecule has 2 heteroatoms. The number of Topliss-reactive ketones (excluding diaryl/α,β-unsaturated/α-hetero) is 1. The van der Waals surface area contributed by atoms with E-state index in [1.54, 1.807) is 0 Å². The van der Waals surface area contributed by atoms with Gasteiger partial charge in [0, 0.05) is 5.92 Å². The molecule has 1 aliphatic heterocycles. The van der Waals surface area contributed by atoms with Crippen LogP contribution in [0.5, 0.6) is 5.75 Å². The Hall–Kier alpha value is -1.31.